The monoisotopic (exact) mass is 355 g/mol. The highest BCUT2D eigenvalue weighted by molar-refractivity contribution is 5.78. The summed E-state index contributed by atoms with van der Waals surface area (Å²) in [7, 11) is 1.59. The highest BCUT2D eigenvalue weighted by Crippen LogP contribution is 2.33. The fourth-order valence-corrected chi connectivity index (χ4v) is 3.33. The molecule has 3 rings (SSSR count). The molecule has 0 radical (unpaired) electrons. The van der Waals surface area contributed by atoms with Crippen molar-refractivity contribution in [1.29, 1.82) is 0 Å². The SMILES string of the molecule is CCOc1ccc(C2CCCN2C(=O)COc2ccccc2OC)cc1. The number of amides is 1. The second-order valence-electron chi connectivity index (χ2n) is 6.19. The Bertz CT molecular complexity index is 729. The number of benzene rings is 2. The van der Waals surface area contributed by atoms with Gasteiger partial charge in [-0.2, -0.15) is 0 Å². The molecule has 1 unspecified atom stereocenters. The second-order valence-corrected chi connectivity index (χ2v) is 6.19. The minimum absolute atomic E-state index is 0.00714. The van der Waals surface area contributed by atoms with Crippen molar-refractivity contribution >= 4 is 5.91 Å². The van der Waals surface area contributed by atoms with Crippen LogP contribution < -0.4 is 14.2 Å². The van der Waals surface area contributed by atoms with E-state index in [0.717, 1.165) is 30.7 Å². The van der Waals surface area contributed by atoms with E-state index in [1.807, 2.05) is 54.3 Å². The average molecular weight is 355 g/mol. The third-order valence-electron chi connectivity index (χ3n) is 4.57. The number of hydrogen-bond donors (Lipinski definition) is 0. The van der Waals surface area contributed by atoms with Crippen molar-refractivity contribution in [2.24, 2.45) is 0 Å². The molecule has 138 valence electrons. The van der Waals surface area contributed by atoms with E-state index in [1.165, 1.54) is 0 Å². The van der Waals surface area contributed by atoms with Crippen molar-refractivity contribution in [2.45, 2.75) is 25.8 Å². The first-order chi connectivity index (χ1) is 12.7. The van der Waals surface area contributed by atoms with E-state index in [1.54, 1.807) is 13.2 Å². The van der Waals surface area contributed by atoms with E-state index in [0.29, 0.717) is 18.1 Å². The Morgan fingerprint density at radius 1 is 1.08 bits per heavy atom. The van der Waals surface area contributed by atoms with Gasteiger partial charge in [0.25, 0.3) is 5.91 Å². The molecule has 1 amide bonds. The van der Waals surface area contributed by atoms with Crippen LogP contribution in [0.2, 0.25) is 0 Å². The molecule has 26 heavy (non-hydrogen) atoms. The molecule has 0 spiro atoms. The third-order valence-corrected chi connectivity index (χ3v) is 4.57. The van der Waals surface area contributed by atoms with Gasteiger partial charge in [0.2, 0.25) is 0 Å². The van der Waals surface area contributed by atoms with E-state index in [9.17, 15) is 4.79 Å². The number of likely N-dealkylation sites (tertiary alicyclic amines) is 1. The second kappa shape index (κ2) is 8.61. The minimum Gasteiger partial charge on any atom is -0.494 e. The Morgan fingerprint density at radius 3 is 2.50 bits per heavy atom. The van der Waals surface area contributed by atoms with Gasteiger partial charge in [0.15, 0.2) is 18.1 Å². The Hall–Kier alpha value is -2.69. The topological polar surface area (TPSA) is 48.0 Å². The van der Waals surface area contributed by atoms with Crippen molar-refractivity contribution in [2.75, 3.05) is 26.9 Å². The maximum absolute atomic E-state index is 12.7. The molecule has 1 heterocycles. The van der Waals surface area contributed by atoms with Crippen molar-refractivity contribution in [3.8, 4) is 17.2 Å². The summed E-state index contributed by atoms with van der Waals surface area (Å²) in [5, 5.41) is 0. The quantitative estimate of drug-likeness (QED) is 0.757. The van der Waals surface area contributed by atoms with Gasteiger partial charge in [-0.3, -0.25) is 4.79 Å². The van der Waals surface area contributed by atoms with Crippen molar-refractivity contribution in [3.05, 3.63) is 54.1 Å². The summed E-state index contributed by atoms with van der Waals surface area (Å²) in [4.78, 5) is 14.6. The van der Waals surface area contributed by atoms with Gasteiger partial charge in [0.05, 0.1) is 19.8 Å². The molecule has 2 aromatic rings. The van der Waals surface area contributed by atoms with E-state index < -0.39 is 0 Å². The lowest BCUT2D eigenvalue weighted by Crippen LogP contribution is -2.34. The van der Waals surface area contributed by atoms with Crippen LogP contribution in [0.1, 0.15) is 31.4 Å². The molecule has 0 saturated carbocycles. The molecule has 1 saturated heterocycles. The summed E-state index contributed by atoms with van der Waals surface area (Å²) in [6.07, 6.45) is 1.96. The van der Waals surface area contributed by atoms with Gasteiger partial charge >= 0.3 is 0 Å². The van der Waals surface area contributed by atoms with Crippen LogP contribution in [-0.2, 0) is 4.79 Å². The van der Waals surface area contributed by atoms with Gasteiger partial charge in [0, 0.05) is 6.54 Å². The van der Waals surface area contributed by atoms with Gasteiger partial charge in [-0.15, -0.1) is 0 Å². The highest BCUT2D eigenvalue weighted by Gasteiger charge is 2.30. The smallest absolute Gasteiger partial charge is 0.261 e. The lowest BCUT2D eigenvalue weighted by Gasteiger charge is -2.25. The standard InChI is InChI=1S/C21H25NO4/c1-3-25-17-12-10-16(11-13-17)18-7-6-14-22(18)21(23)15-26-20-9-5-4-8-19(20)24-2/h4-5,8-13,18H,3,6-7,14-15H2,1-2H3. The average Bonchev–Trinajstić information content (AvgIpc) is 3.17. The number of carbonyl (C=O) groups excluding carboxylic acids is 1. The zero-order valence-electron chi connectivity index (χ0n) is 15.3. The van der Waals surface area contributed by atoms with Crippen LogP contribution >= 0.6 is 0 Å². The number of para-hydroxylation sites is 2. The number of hydrogen-bond acceptors (Lipinski definition) is 4. The van der Waals surface area contributed by atoms with E-state index >= 15 is 0 Å². The number of nitrogens with zero attached hydrogens (tertiary/aromatic N) is 1. The minimum atomic E-state index is -0.00714. The molecule has 1 atom stereocenters. The van der Waals surface area contributed by atoms with Gasteiger partial charge in [-0.05, 0) is 49.6 Å². The van der Waals surface area contributed by atoms with E-state index in [4.69, 9.17) is 14.2 Å². The zero-order valence-corrected chi connectivity index (χ0v) is 15.3. The summed E-state index contributed by atoms with van der Waals surface area (Å²) in [5.41, 5.74) is 1.14. The fraction of sp³-hybridized carbons (Fsp3) is 0.381. The van der Waals surface area contributed by atoms with Crippen molar-refractivity contribution in [3.63, 3.8) is 0 Å². The predicted molar refractivity (Wildman–Crippen MR) is 99.8 cm³/mol. The van der Waals surface area contributed by atoms with Gasteiger partial charge < -0.3 is 19.1 Å². The highest BCUT2D eigenvalue weighted by atomic mass is 16.5. The van der Waals surface area contributed by atoms with Crippen molar-refractivity contribution in [1.82, 2.24) is 4.90 Å². The van der Waals surface area contributed by atoms with Crippen LogP contribution in [0.3, 0.4) is 0 Å². The molecule has 0 N–H and O–H groups in total. The summed E-state index contributed by atoms with van der Waals surface area (Å²) >= 11 is 0. The molecule has 2 aromatic carbocycles. The van der Waals surface area contributed by atoms with E-state index in [2.05, 4.69) is 0 Å². The van der Waals surface area contributed by atoms with Crippen LogP contribution in [-0.4, -0.2) is 37.7 Å². The van der Waals surface area contributed by atoms with Crippen LogP contribution in [0.5, 0.6) is 17.2 Å². The molecule has 0 bridgehead atoms. The first-order valence-corrected chi connectivity index (χ1v) is 9.01. The maximum Gasteiger partial charge on any atom is 0.261 e. The number of methoxy groups -OCH3 is 1. The Balaban J connectivity index is 1.64. The van der Waals surface area contributed by atoms with Crippen LogP contribution in [0.4, 0.5) is 0 Å². The van der Waals surface area contributed by atoms with Gasteiger partial charge in [-0.1, -0.05) is 24.3 Å². The van der Waals surface area contributed by atoms with Crippen LogP contribution in [0.25, 0.3) is 0 Å². The fourth-order valence-electron chi connectivity index (χ4n) is 3.33. The first kappa shape index (κ1) is 18.1. The van der Waals surface area contributed by atoms with E-state index in [-0.39, 0.29) is 18.6 Å². The number of rotatable bonds is 7. The molecular weight excluding hydrogens is 330 g/mol. The largest absolute Gasteiger partial charge is 0.494 e. The summed E-state index contributed by atoms with van der Waals surface area (Å²) in [5.74, 6) is 2.06. The molecule has 1 aliphatic rings. The summed E-state index contributed by atoms with van der Waals surface area (Å²) in [6.45, 7) is 3.38. The number of ether oxygens (including phenoxy) is 3. The number of carbonyl (C=O) groups is 1. The summed E-state index contributed by atoms with van der Waals surface area (Å²) in [6, 6.07) is 15.5. The van der Waals surface area contributed by atoms with Crippen LogP contribution in [0, 0.1) is 0 Å². The maximum atomic E-state index is 12.7. The molecule has 5 nitrogen and oxygen atoms in total. The molecule has 0 aliphatic carbocycles. The molecular formula is C21H25NO4. The first-order valence-electron chi connectivity index (χ1n) is 9.01. The predicted octanol–water partition coefficient (Wildman–Crippen LogP) is 3.84. The molecule has 5 heteroatoms. The van der Waals surface area contributed by atoms with Crippen molar-refractivity contribution < 1.29 is 19.0 Å². The third kappa shape index (κ3) is 4.10. The van der Waals surface area contributed by atoms with Gasteiger partial charge in [-0.25, -0.2) is 0 Å². The Labute approximate surface area is 154 Å². The zero-order chi connectivity index (χ0) is 18.4. The summed E-state index contributed by atoms with van der Waals surface area (Å²) < 4.78 is 16.5. The van der Waals surface area contributed by atoms with Gasteiger partial charge in [0.1, 0.15) is 5.75 Å². The molecule has 1 aliphatic heterocycles. The molecule has 1 fully saturated rings. The Kier molecular flexibility index (Phi) is 6.00. The molecule has 0 aromatic heterocycles. The normalized spacial score (nSPS) is 16.4. The lowest BCUT2D eigenvalue weighted by molar-refractivity contribution is -0.134. The Morgan fingerprint density at radius 2 is 1.81 bits per heavy atom. The van der Waals surface area contributed by atoms with Crippen LogP contribution in [0.15, 0.2) is 48.5 Å². The lowest BCUT2D eigenvalue weighted by atomic mass is 10.0.